The van der Waals surface area contributed by atoms with Crippen LogP contribution in [-0.4, -0.2) is 19.4 Å². The molecule has 0 bridgehead atoms. The van der Waals surface area contributed by atoms with Gasteiger partial charge in [0.2, 0.25) is 0 Å². The molecular formula is C28H16N4O. The van der Waals surface area contributed by atoms with Crippen molar-refractivity contribution in [2.24, 2.45) is 0 Å². The van der Waals surface area contributed by atoms with E-state index in [1.165, 1.54) is 0 Å². The summed E-state index contributed by atoms with van der Waals surface area (Å²) < 4.78 is 1.84. The zero-order valence-electron chi connectivity index (χ0n) is 17.4. The zero-order valence-corrected chi connectivity index (χ0v) is 17.4. The highest BCUT2D eigenvalue weighted by molar-refractivity contribution is 6.21. The van der Waals surface area contributed by atoms with E-state index < -0.39 is 0 Å². The van der Waals surface area contributed by atoms with Crippen molar-refractivity contribution >= 4 is 38.0 Å². The summed E-state index contributed by atoms with van der Waals surface area (Å²) in [6, 6.07) is 29.9. The van der Waals surface area contributed by atoms with Gasteiger partial charge < -0.3 is 0 Å². The Labute approximate surface area is 188 Å². The van der Waals surface area contributed by atoms with Crippen LogP contribution in [0, 0.1) is 0 Å². The Hall–Kier alpha value is -4.64. The predicted molar refractivity (Wildman–Crippen MR) is 132 cm³/mol. The number of hydrogen-bond donors (Lipinski definition) is 0. The van der Waals surface area contributed by atoms with Gasteiger partial charge in [-0.1, -0.05) is 66.7 Å². The zero-order chi connectivity index (χ0) is 21.9. The van der Waals surface area contributed by atoms with Crippen LogP contribution in [0.5, 0.6) is 0 Å². The topological polar surface area (TPSA) is 60.2 Å². The highest BCUT2D eigenvalue weighted by Crippen LogP contribution is 2.37. The van der Waals surface area contributed by atoms with Crippen LogP contribution in [0.1, 0.15) is 0 Å². The van der Waals surface area contributed by atoms with E-state index in [1.807, 2.05) is 77.2 Å². The maximum absolute atomic E-state index is 13.5. The number of aromatic nitrogens is 4. The van der Waals surface area contributed by atoms with Gasteiger partial charge in [0.1, 0.15) is 6.33 Å². The summed E-state index contributed by atoms with van der Waals surface area (Å²) in [5, 5.41) is 4.69. The van der Waals surface area contributed by atoms with Gasteiger partial charge in [-0.3, -0.25) is 9.20 Å². The van der Waals surface area contributed by atoms with Gasteiger partial charge in [0, 0.05) is 32.7 Å². The largest absolute Gasteiger partial charge is 0.275 e. The molecule has 0 amide bonds. The molecule has 0 fully saturated rings. The summed E-state index contributed by atoms with van der Waals surface area (Å²) >= 11 is 0. The first kappa shape index (κ1) is 18.0. The first-order chi connectivity index (χ1) is 16.3. The molecule has 0 aliphatic carbocycles. The molecule has 0 aliphatic rings. The Balaban J connectivity index is 1.62. The molecule has 0 N–H and O–H groups in total. The molecule has 3 aromatic heterocycles. The van der Waals surface area contributed by atoms with E-state index in [2.05, 4.69) is 28.2 Å². The Morgan fingerprint density at radius 2 is 1.18 bits per heavy atom. The minimum Gasteiger partial charge on any atom is -0.275 e. The summed E-state index contributed by atoms with van der Waals surface area (Å²) in [7, 11) is 0. The molecule has 3 heterocycles. The lowest BCUT2D eigenvalue weighted by Crippen LogP contribution is -2.12. The average Bonchev–Trinajstić information content (AvgIpc) is 3.23. The summed E-state index contributed by atoms with van der Waals surface area (Å²) in [5.74, 6) is 1.24. The van der Waals surface area contributed by atoms with Gasteiger partial charge >= 0.3 is 0 Å². The molecule has 0 atom stereocenters. The molecule has 0 spiro atoms. The van der Waals surface area contributed by atoms with E-state index in [4.69, 9.17) is 4.98 Å². The highest BCUT2D eigenvalue weighted by Gasteiger charge is 2.19. The highest BCUT2D eigenvalue weighted by atomic mass is 16.1. The number of benzene rings is 4. The van der Waals surface area contributed by atoms with Crippen molar-refractivity contribution in [1.82, 2.24) is 19.4 Å². The molecule has 33 heavy (non-hydrogen) atoms. The van der Waals surface area contributed by atoms with Crippen LogP contribution in [0.4, 0.5) is 0 Å². The average molecular weight is 424 g/mol. The minimum atomic E-state index is 0.00331. The lowest BCUT2D eigenvalue weighted by atomic mass is 10.0. The minimum absolute atomic E-state index is 0.00331. The third-order valence-corrected chi connectivity index (χ3v) is 6.28. The van der Waals surface area contributed by atoms with E-state index in [-0.39, 0.29) is 5.56 Å². The number of para-hydroxylation sites is 1. The Morgan fingerprint density at radius 1 is 0.576 bits per heavy atom. The SMILES string of the molecule is O=c1c2ccccc2c2cc(-c3ncnc(-c4ccccc4)n3)cc3c4ccccc4n1c23. The monoisotopic (exact) mass is 424 g/mol. The van der Waals surface area contributed by atoms with Crippen LogP contribution >= 0.6 is 0 Å². The Morgan fingerprint density at radius 3 is 1.97 bits per heavy atom. The van der Waals surface area contributed by atoms with Crippen LogP contribution in [0.25, 0.3) is 60.7 Å². The number of rotatable bonds is 2. The fraction of sp³-hybridized carbons (Fsp3) is 0. The third kappa shape index (κ3) is 2.53. The van der Waals surface area contributed by atoms with Crippen LogP contribution in [0.15, 0.2) is 102 Å². The van der Waals surface area contributed by atoms with Crippen molar-refractivity contribution in [2.75, 3.05) is 0 Å². The quantitative estimate of drug-likeness (QED) is 0.333. The maximum Gasteiger partial charge on any atom is 0.263 e. The van der Waals surface area contributed by atoms with Gasteiger partial charge in [-0.05, 0) is 29.7 Å². The standard InChI is InChI=1S/C28H16N4O/c33-28-21-12-5-4-10-19(21)22-14-18(15-23-20-11-6-7-13-24(20)32(28)25(22)23)27-30-16-29-26(31-27)17-8-2-1-3-9-17/h1-16H. The fourth-order valence-corrected chi connectivity index (χ4v) is 4.83. The van der Waals surface area contributed by atoms with Crippen LogP contribution in [0.3, 0.4) is 0 Å². The molecule has 0 saturated heterocycles. The fourth-order valence-electron chi connectivity index (χ4n) is 4.83. The lowest BCUT2D eigenvalue weighted by molar-refractivity contribution is 1.07. The third-order valence-electron chi connectivity index (χ3n) is 6.28. The molecule has 0 unspecified atom stereocenters. The van der Waals surface area contributed by atoms with E-state index >= 15 is 0 Å². The number of fused-ring (bicyclic) bond motifs is 5. The molecule has 5 heteroatoms. The van der Waals surface area contributed by atoms with E-state index in [0.29, 0.717) is 17.0 Å². The van der Waals surface area contributed by atoms with Gasteiger partial charge in [0.15, 0.2) is 11.6 Å². The van der Waals surface area contributed by atoms with Crippen LogP contribution < -0.4 is 5.56 Å². The smallest absolute Gasteiger partial charge is 0.263 e. The van der Waals surface area contributed by atoms with Gasteiger partial charge in [0.25, 0.3) is 5.56 Å². The van der Waals surface area contributed by atoms with Gasteiger partial charge in [-0.25, -0.2) is 15.0 Å². The normalized spacial score (nSPS) is 11.8. The summed E-state index contributed by atoms with van der Waals surface area (Å²) in [6.45, 7) is 0. The van der Waals surface area contributed by atoms with Crippen LogP contribution in [0.2, 0.25) is 0 Å². The van der Waals surface area contributed by atoms with Gasteiger partial charge in [-0.2, -0.15) is 0 Å². The van der Waals surface area contributed by atoms with Crippen LogP contribution in [-0.2, 0) is 0 Å². The van der Waals surface area contributed by atoms with Crippen molar-refractivity contribution in [3.8, 4) is 22.8 Å². The van der Waals surface area contributed by atoms with Crippen molar-refractivity contribution < 1.29 is 0 Å². The lowest BCUT2D eigenvalue weighted by Gasteiger charge is -2.09. The van der Waals surface area contributed by atoms with Crippen molar-refractivity contribution in [1.29, 1.82) is 0 Å². The molecule has 154 valence electrons. The van der Waals surface area contributed by atoms with Gasteiger partial charge in [0.05, 0.1) is 11.0 Å². The number of pyridine rings is 1. The Bertz CT molecular complexity index is 1890. The Kier molecular flexibility index (Phi) is 3.64. The van der Waals surface area contributed by atoms with E-state index in [0.717, 1.165) is 43.7 Å². The second kappa shape index (κ2) is 6.68. The second-order valence-electron chi connectivity index (χ2n) is 8.12. The van der Waals surface area contributed by atoms with Crippen molar-refractivity contribution in [3.05, 3.63) is 108 Å². The van der Waals surface area contributed by atoms with Crippen molar-refractivity contribution in [2.45, 2.75) is 0 Å². The molecule has 0 saturated carbocycles. The van der Waals surface area contributed by atoms with Gasteiger partial charge in [-0.15, -0.1) is 0 Å². The molecule has 4 aromatic carbocycles. The summed E-state index contributed by atoms with van der Waals surface area (Å²) in [6.07, 6.45) is 1.56. The molecular weight excluding hydrogens is 408 g/mol. The van der Waals surface area contributed by atoms with E-state index in [1.54, 1.807) is 6.33 Å². The maximum atomic E-state index is 13.5. The first-order valence-electron chi connectivity index (χ1n) is 10.8. The molecule has 0 radical (unpaired) electrons. The first-order valence-corrected chi connectivity index (χ1v) is 10.8. The second-order valence-corrected chi connectivity index (χ2v) is 8.12. The summed E-state index contributed by atoms with van der Waals surface area (Å²) in [5.41, 5.74) is 3.68. The number of hydrogen-bond acceptors (Lipinski definition) is 4. The molecule has 5 nitrogen and oxygen atoms in total. The molecule has 0 aliphatic heterocycles. The van der Waals surface area contributed by atoms with E-state index in [9.17, 15) is 4.79 Å². The molecule has 7 aromatic rings. The van der Waals surface area contributed by atoms with Crippen molar-refractivity contribution in [3.63, 3.8) is 0 Å². The number of nitrogens with zero attached hydrogens (tertiary/aromatic N) is 4. The summed E-state index contributed by atoms with van der Waals surface area (Å²) in [4.78, 5) is 27.1. The molecule has 7 rings (SSSR count). The predicted octanol–water partition coefficient (Wildman–Crippen LogP) is 5.72.